The smallest absolute Gasteiger partial charge is 0.296 e. The van der Waals surface area contributed by atoms with E-state index in [-0.39, 0.29) is 35.0 Å². The predicted octanol–water partition coefficient (Wildman–Crippen LogP) is 5.56. The molecule has 2 aliphatic rings. The fourth-order valence-electron chi connectivity index (χ4n) is 5.02. The lowest BCUT2D eigenvalue weighted by Gasteiger charge is -2.43. The van der Waals surface area contributed by atoms with Gasteiger partial charge in [0.25, 0.3) is 5.69 Å². The predicted molar refractivity (Wildman–Crippen MR) is 137 cm³/mol. The topological polar surface area (TPSA) is 136 Å². The van der Waals surface area contributed by atoms with Gasteiger partial charge in [-0.15, -0.1) is 0 Å². The number of nitrogens with two attached hydrogens (primary N) is 1. The number of rotatable bonds is 6. The van der Waals surface area contributed by atoms with Gasteiger partial charge in [0, 0.05) is 23.3 Å². The van der Waals surface area contributed by atoms with E-state index in [2.05, 4.69) is 6.07 Å². The lowest BCUT2D eigenvalue weighted by Crippen LogP contribution is -2.42. The largest absolute Gasteiger partial charge is 0.496 e. The van der Waals surface area contributed by atoms with Crippen LogP contribution in [0.15, 0.2) is 56.4 Å². The van der Waals surface area contributed by atoms with Crippen LogP contribution in [0.25, 0.3) is 0 Å². The minimum atomic E-state index is -0.714. The summed E-state index contributed by atoms with van der Waals surface area (Å²) in [5, 5.41) is 23.0. The van der Waals surface area contributed by atoms with Gasteiger partial charge < -0.3 is 14.9 Å². The number of nitrogens with zero attached hydrogens (tertiary/aromatic N) is 3. The number of nitriles is 1. The van der Waals surface area contributed by atoms with Crippen molar-refractivity contribution in [3.8, 4) is 11.8 Å². The molecule has 1 unspecified atom stereocenters. The van der Waals surface area contributed by atoms with Crippen molar-refractivity contribution in [2.75, 3.05) is 17.8 Å². The number of aryl methyl sites for hydroxylation is 1. The maximum Gasteiger partial charge on any atom is 0.296 e. The molecule has 1 aliphatic carbocycles. The van der Waals surface area contributed by atoms with Crippen LogP contribution < -0.4 is 15.4 Å². The van der Waals surface area contributed by atoms with E-state index < -0.39 is 16.3 Å². The van der Waals surface area contributed by atoms with Gasteiger partial charge in [-0.3, -0.25) is 19.8 Å². The Hall–Kier alpha value is -3.71. The van der Waals surface area contributed by atoms with Crippen LogP contribution >= 0.6 is 11.8 Å². The number of carbonyl (C=O) groups is 1. The quantitative estimate of drug-likeness (QED) is 0.302. The zero-order chi connectivity index (χ0) is 26.4. The first-order chi connectivity index (χ1) is 17.0. The fraction of sp³-hybridized carbons (Fsp3) is 0.385. The molecule has 0 fully saturated rings. The number of furan rings is 1. The molecule has 0 spiro atoms. The first kappa shape index (κ1) is 25.4. The number of hydrogen-bond acceptors (Lipinski definition) is 9. The van der Waals surface area contributed by atoms with Crippen LogP contribution in [-0.4, -0.2) is 23.6 Å². The molecule has 0 saturated heterocycles. The van der Waals surface area contributed by atoms with Crippen LogP contribution in [0.5, 0.6) is 5.75 Å². The summed E-state index contributed by atoms with van der Waals surface area (Å²) in [5.41, 5.74) is 8.05. The molecule has 2 heterocycles. The van der Waals surface area contributed by atoms with Gasteiger partial charge in [0.2, 0.25) is 0 Å². The number of anilines is 1. The first-order valence-corrected chi connectivity index (χ1v) is 12.5. The number of ketones is 1. The minimum Gasteiger partial charge on any atom is -0.496 e. The molecule has 2 N–H and O–H groups in total. The molecule has 0 radical (unpaired) electrons. The molecule has 0 amide bonds. The Labute approximate surface area is 213 Å². The summed E-state index contributed by atoms with van der Waals surface area (Å²) < 4.78 is 11.1. The van der Waals surface area contributed by atoms with E-state index in [0.717, 1.165) is 5.75 Å². The standard InChI is InChI=1S/C26H28N4O5S/c1-6-36-25-16(9-14(2)35-25)22-17(13-27)24(28)29(20-11-26(3,4)12-21(31)23(20)22)18-8-7-15(34-5)10-19(18)30(32)33/h7-10,22H,6,11-12,28H2,1-5H3. The SMILES string of the molecule is CCSc1oc(C)cc1C1C(C#N)=C(N)N(c2ccc(OC)cc2[N+](=O)[O-])C2=C1C(=O)CC(C)(C)C2. The van der Waals surface area contributed by atoms with E-state index in [9.17, 15) is 20.2 Å². The van der Waals surface area contributed by atoms with E-state index in [0.29, 0.717) is 39.9 Å². The van der Waals surface area contributed by atoms with E-state index in [1.165, 1.54) is 35.9 Å². The van der Waals surface area contributed by atoms with Crippen molar-refractivity contribution in [2.24, 2.45) is 11.1 Å². The number of hydrogen-bond donors (Lipinski definition) is 1. The van der Waals surface area contributed by atoms with Gasteiger partial charge in [-0.1, -0.05) is 32.5 Å². The van der Waals surface area contributed by atoms with Gasteiger partial charge in [0.05, 0.1) is 35.7 Å². The van der Waals surface area contributed by atoms with Gasteiger partial charge in [-0.05, 0) is 42.7 Å². The second-order valence-corrected chi connectivity index (χ2v) is 10.9. The molecule has 10 heteroatoms. The molecule has 0 bridgehead atoms. The fourth-order valence-corrected chi connectivity index (χ4v) is 5.81. The van der Waals surface area contributed by atoms with Crippen LogP contribution in [0, 0.1) is 33.8 Å². The number of Topliss-reactive ketones (excluding diaryl/α,β-unsaturated/α-hetero) is 1. The first-order valence-electron chi connectivity index (χ1n) is 11.5. The number of nitro benzene ring substituents is 1. The summed E-state index contributed by atoms with van der Waals surface area (Å²) in [7, 11) is 1.42. The highest BCUT2D eigenvalue weighted by atomic mass is 32.2. The maximum absolute atomic E-state index is 13.7. The van der Waals surface area contributed by atoms with Crippen LogP contribution in [0.1, 0.15) is 50.9 Å². The molecule has 36 heavy (non-hydrogen) atoms. The highest BCUT2D eigenvalue weighted by Crippen LogP contribution is 2.53. The number of carbonyl (C=O) groups excluding carboxylic acids is 1. The number of thioether (sulfide) groups is 1. The van der Waals surface area contributed by atoms with E-state index in [4.69, 9.17) is 14.9 Å². The summed E-state index contributed by atoms with van der Waals surface area (Å²) in [6, 6.07) is 8.50. The molecular formula is C26H28N4O5S. The van der Waals surface area contributed by atoms with E-state index in [1.54, 1.807) is 6.07 Å². The van der Waals surface area contributed by atoms with Crippen molar-refractivity contribution in [2.45, 2.75) is 51.5 Å². The molecule has 1 aromatic heterocycles. The summed E-state index contributed by atoms with van der Waals surface area (Å²) in [6.45, 7) is 7.76. The number of benzene rings is 1. The Bertz CT molecular complexity index is 1360. The third-order valence-corrected chi connectivity index (χ3v) is 7.31. The molecule has 1 aromatic carbocycles. The number of nitro groups is 1. The van der Waals surface area contributed by atoms with E-state index in [1.807, 2.05) is 33.8 Å². The lowest BCUT2D eigenvalue weighted by molar-refractivity contribution is -0.384. The van der Waals surface area contributed by atoms with Crippen molar-refractivity contribution in [1.29, 1.82) is 5.26 Å². The lowest BCUT2D eigenvalue weighted by atomic mass is 9.69. The van der Waals surface area contributed by atoms with Gasteiger partial charge in [-0.25, -0.2) is 0 Å². The average Bonchev–Trinajstić information content (AvgIpc) is 3.17. The van der Waals surface area contributed by atoms with Crippen LogP contribution in [0.2, 0.25) is 0 Å². The average molecular weight is 509 g/mol. The van der Waals surface area contributed by atoms with Crippen LogP contribution in [0.3, 0.4) is 0 Å². The molecule has 1 aliphatic heterocycles. The normalized spacial score (nSPS) is 19.3. The zero-order valence-electron chi connectivity index (χ0n) is 20.9. The summed E-state index contributed by atoms with van der Waals surface area (Å²) >= 11 is 1.49. The Balaban J connectivity index is 2.05. The molecule has 4 rings (SSSR count). The molecule has 2 aromatic rings. The highest BCUT2D eigenvalue weighted by molar-refractivity contribution is 7.99. The zero-order valence-corrected chi connectivity index (χ0v) is 21.7. The summed E-state index contributed by atoms with van der Waals surface area (Å²) in [6.07, 6.45) is 0.729. The van der Waals surface area contributed by atoms with E-state index >= 15 is 0 Å². The molecule has 0 saturated carbocycles. The number of allylic oxidation sites excluding steroid dienone is 3. The monoisotopic (exact) mass is 508 g/mol. The van der Waals surface area contributed by atoms with Gasteiger partial charge >= 0.3 is 0 Å². The second-order valence-electron chi connectivity index (χ2n) is 9.63. The highest BCUT2D eigenvalue weighted by Gasteiger charge is 2.46. The van der Waals surface area contributed by atoms with Crippen molar-refractivity contribution < 1.29 is 18.9 Å². The Kier molecular flexibility index (Phi) is 6.62. The Morgan fingerprint density at radius 3 is 2.69 bits per heavy atom. The van der Waals surface area contributed by atoms with Crippen molar-refractivity contribution in [3.63, 3.8) is 0 Å². The summed E-state index contributed by atoms with van der Waals surface area (Å²) in [5.74, 6) is 0.951. The third-order valence-electron chi connectivity index (χ3n) is 6.44. The van der Waals surface area contributed by atoms with Crippen LogP contribution in [-0.2, 0) is 4.79 Å². The Morgan fingerprint density at radius 1 is 1.36 bits per heavy atom. The molecule has 1 atom stereocenters. The number of methoxy groups -OCH3 is 1. The second kappa shape index (κ2) is 9.39. The van der Waals surface area contributed by atoms with Crippen molar-refractivity contribution in [1.82, 2.24) is 0 Å². The third kappa shape index (κ3) is 4.24. The van der Waals surface area contributed by atoms with Crippen molar-refractivity contribution >= 4 is 28.9 Å². The van der Waals surface area contributed by atoms with Crippen LogP contribution in [0.4, 0.5) is 11.4 Å². The van der Waals surface area contributed by atoms with Gasteiger partial charge in [-0.2, -0.15) is 5.26 Å². The van der Waals surface area contributed by atoms with Gasteiger partial charge in [0.1, 0.15) is 23.0 Å². The van der Waals surface area contributed by atoms with Gasteiger partial charge in [0.15, 0.2) is 10.9 Å². The molecule has 188 valence electrons. The maximum atomic E-state index is 13.7. The number of ether oxygens (including phenoxy) is 1. The summed E-state index contributed by atoms with van der Waals surface area (Å²) in [4.78, 5) is 26.8. The van der Waals surface area contributed by atoms with Crippen molar-refractivity contribution in [3.05, 3.63) is 68.4 Å². The molecule has 9 nitrogen and oxygen atoms in total. The Morgan fingerprint density at radius 2 is 2.08 bits per heavy atom. The molecular weight excluding hydrogens is 480 g/mol. The minimum absolute atomic E-state index is 0.0614.